The minimum absolute atomic E-state index is 0.00838. The Morgan fingerprint density at radius 3 is 1.88 bits per heavy atom. The molecule has 170 valence electrons. The zero-order valence-electron chi connectivity index (χ0n) is 18.3. The first kappa shape index (κ1) is 24.1. The van der Waals surface area contributed by atoms with E-state index in [2.05, 4.69) is 5.32 Å². The van der Waals surface area contributed by atoms with Crippen LogP contribution in [0.3, 0.4) is 0 Å². The fraction of sp³-hybridized carbons (Fsp3) is 0.192. The van der Waals surface area contributed by atoms with Gasteiger partial charge in [-0.25, -0.2) is 0 Å². The van der Waals surface area contributed by atoms with Crippen LogP contribution in [0.2, 0.25) is 0 Å². The quantitative estimate of drug-likeness (QED) is 0.376. The molecule has 0 heterocycles. The lowest BCUT2D eigenvalue weighted by Crippen LogP contribution is -2.34. The summed E-state index contributed by atoms with van der Waals surface area (Å²) in [4.78, 5) is 38.7. The number of nitrogens with one attached hydrogen (secondary N) is 1. The van der Waals surface area contributed by atoms with E-state index in [9.17, 15) is 14.4 Å². The van der Waals surface area contributed by atoms with Crippen molar-refractivity contribution < 1.29 is 19.5 Å². The number of carbonyl (C=O) groups excluding carboxylic acids is 2. The smallest absolute Gasteiger partial charge is 0.303 e. The highest BCUT2D eigenvalue weighted by Gasteiger charge is 2.26. The molecule has 0 saturated carbocycles. The van der Waals surface area contributed by atoms with E-state index in [1.165, 1.54) is 11.8 Å². The van der Waals surface area contributed by atoms with Crippen molar-refractivity contribution >= 4 is 46.6 Å². The highest BCUT2D eigenvalue weighted by atomic mass is 32.2. The van der Waals surface area contributed by atoms with Gasteiger partial charge < -0.3 is 10.4 Å². The van der Waals surface area contributed by atoms with E-state index in [1.54, 1.807) is 17.0 Å². The van der Waals surface area contributed by atoms with Crippen LogP contribution in [-0.2, 0) is 14.4 Å². The maximum absolute atomic E-state index is 13.6. The summed E-state index contributed by atoms with van der Waals surface area (Å²) in [6.45, 7) is 1.99. The Bertz CT molecular complexity index is 1030. The number of carbonyl (C=O) groups is 3. The summed E-state index contributed by atoms with van der Waals surface area (Å²) in [5.41, 5.74) is 2.21. The van der Waals surface area contributed by atoms with Crippen molar-refractivity contribution in [3.63, 3.8) is 0 Å². The molecular formula is C26H26N2O4S. The van der Waals surface area contributed by atoms with E-state index >= 15 is 0 Å². The van der Waals surface area contributed by atoms with Crippen molar-refractivity contribution in [2.24, 2.45) is 0 Å². The van der Waals surface area contributed by atoms with Gasteiger partial charge in [-0.2, -0.15) is 0 Å². The maximum Gasteiger partial charge on any atom is 0.303 e. The molecular weight excluding hydrogens is 436 g/mol. The fourth-order valence-electron chi connectivity index (χ4n) is 3.24. The van der Waals surface area contributed by atoms with Crippen LogP contribution in [0.1, 0.15) is 26.2 Å². The summed E-state index contributed by atoms with van der Waals surface area (Å²) in [7, 11) is 0. The van der Waals surface area contributed by atoms with E-state index in [0.717, 1.165) is 16.3 Å². The molecule has 3 rings (SSSR count). The Kier molecular flexibility index (Phi) is 8.66. The van der Waals surface area contributed by atoms with Gasteiger partial charge in [0.15, 0.2) is 0 Å². The number of anilines is 3. The molecule has 0 aliphatic carbocycles. The zero-order valence-corrected chi connectivity index (χ0v) is 19.1. The molecule has 0 spiro atoms. The van der Waals surface area contributed by atoms with E-state index in [1.807, 2.05) is 79.7 Å². The highest BCUT2D eigenvalue weighted by molar-refractivity contribution is 8.00. The third-order valence-electron chi connectivity index (χ3n) is 4.88. The number of carboxylic acids is 1. The van der Waals surface area contributed by atoms with E-state index in [0.29, 0.717) is 12.1 Å². The first-order chi connectivity index (χ1) is 16.0. The molecule has 7 heteroatoms. The molecule has 33 heavy (non-hydrogen) atoms. The van der Waals surface area contributed by atoms with Crippen LogP contribution in [0.15, 0.2) is 89.8 Å². The average Bonchev–Trinajstić information content (AvgIpc) is 2.83. The van der Waals surface area contributed by atoms with Crippen LogP contribution >= 0.6 is 11.8 Å². The molecule has 2 N–H and O–H groups in total. The lowest BCUT2D eigenvalue weighted by Gasteiger charge is -2.27. The fourth-order valence-corrected chi connectivity index (χ4v) is 4.23. The van der Waals surface area contributed by atoms with Gasteiger partial charge >= 0.3 is 5.97 Å². The van der Waals surface area contributed by atoms with Gasteiger partial charge in [-0.3, -0.25) is 19.3 Å². The van der Waals surface area contributed by atoms with Gasteiger partial charge in [-0.1, -0.05) is 43.3 Å². The van der Waals surface area contributed by atoms with Crippen molar-refractivity contribution in [3.8, 4) is 0 Å². The summed E-state index contributed by atoms with van der Waals surface area (Å²) >= 11 is 1.47. The molecule has 0 saturated heterocycles. The molecule has 2 amide bonds. The molecule has 0 radical (unpaired) electrons. The zero-order chi connectivity index (χ0) is 23.6. The maximum atomic E-state index is 13.6. The van der Waals surface area contributed by atoms with Crippen LogP contribution in [0.25, 0.3) is 0 Å². The minimum atomic E-state index is -1.01. The predicted molar refractivity (Wildman–Crippen MR) is 132 cm³/mol. The lowest BCUT2D eigenvalue weighted by molar-refractivity contribution is -0.138. The van der Waals surface area contributed by atoms with Crippen molar-refractivity contribution in [1.82, 2.24) is 0 Å². The number of aliphatic carboxylic acids is 1. The third-order valence-corrected chi connectivity index (χ3v) is 6.24. The summed E-state index contributed by atoms with van der Waals surface area (Å²) in [5.74, 6) is -1.36. The number of hydrogen-bond acceptors (Lipinski definition) is 4. The number of thioether (sulfide) groups is 1. The van der Waals surface area contributed by atoms with Crippen molar-refractivity contribution in [3.05, 3.63) is 84.9 Å². The van der Waals surface area contributed by atoms with Gasteiger partial charge in [0.05, 0.1) is 11.7 Å². The molecule has 6 nitrogen and oxygen atoms in total. The van der Waals surface area contributed by atoms with Gasteiger partial charge in [-0.05, 0) is 55.0 Å². The Balaban J connectivity index is 1.73. The number of hydrogen-bond donors (Lipinski definition) is 2. The second-order valence-corrected chi connectivity index (χ2v) is 8.60. The Labute approximate surface area is 197 Å². The van der Waals surface area contributed by atoms with Crippen LogP contribution in [0.4, 0.5) is 17.1 Å². The Hall–Kier alpha value is -3.58. The highest BCUT2D eigenvalue weighted by Crippen LogP contribution is 2.33. The van der Waals surface area contributed by atoms with E-state index < -0.39 is 5.97 Å². The third kappa shape index (κ3) is 6.95. The molecule has 0 aromatic heterocycles. The summed E-state index contributed by atoms with van der Waals surface area (Å²) in [6, 6.07) is 26.4. The predicted octanol–water partition coefficient (Wildman–Crippen LogP) is 5.73. The van der Waals surface area contributed by atoms with Crippen LogP contribution in [0.5, 0.6) is 0 Å². The molecule has 0 aliphatic heterocycles. The summed E-state index contributed by atoms with van der Waals surface area (Å²) < 4.78 is 0. The molecule has 3 aromatic rings. The van der Waals surface area contributed by atoms with Gasteiger partial charge in [0.2, 0.25) is 11.8 Å². The number of rotatable bonds is 10. The average molecular weight is 463 g/mol. The summed E-state index contributed by atoms with van der Waals surface area (Å²) in [5, 5.41) is 11.1. The second kappa shape index (κ2) is 11.9. The van der Waals surface area contributed by atoms with E-state index in [4.69, 9.17) is 5.11 Å². The normalized spacial score (nSPS) is 11.4. The van der Waals surface area contributed by atoms with Gasteiger partial charge in [0, 0.05) is 28.4 Å². The number of amides is 2. The molecule has 1 unspecified atom stereocenters. The molecule has 3 aromatic carbocycles. The monoisotopic (exact) mass is 462 g/mol. The Morgan fingerprint density at radius 1 is 0.848 bits per heavy atom. The topological polar surface area (TPSA) is 86.7 Å². The first-order valence-corrected chi connectivity index (χ1v) is 11.6. The van der Waals surface area contributed by atoms with Crippen molar-refractivity contribution in [2.45, 2.75) is 36.3 Å². The number of carboxylic acid groups (broad SMARTS) is 1. The number of para-hydroxylation sites is 2. The largest absolute Gasteiger partial charge is 0.481 e. The first-order valence-electron chi connectivity index (χ1n) is 10.7. The summed E-state index contributed by atoms with van der Waals surface area (Å²) in [6.07, 6.45) is 0.361. The van der Waals surface area contributed by atoms with Gasteiger partial charge in [-0.15, -0.1) is 11.8 Å². The SMILES string of the molecule is CCC(Sc1ccc(NC(=O)CCC(=O)O)cc1)C(=O)N(c1ccccc1)c1ccccc1. The van der Waals surface area contributed by atoms with Gasteiger partial charge in [0.1, 0.15) is 0 Å². The molecule has 1 atom stereocenters. The molecule has 0 bridgehead atoms. The van der Waals surface area contributed by atoms with Crippen molar-refractivity contribution in [1.29, 1.82) is 0 Å². The van der Waals surface area contributed by atoms with Crippen LogP contribution < -0.4 is 10.2 Å². The Morgan fingerprint density at radius 2 is 1.39 bits per heavy atom. The molecule has 0 fully saturated rings. The lowest BCUT2D eigenvalue weighted by atomic mass is 10.2. The van der Waals surface area contributed by atoms with Gasteiger partial charge in [0.25, 0.3) is 0 Å². The second-order valence-electron chi connectivity index (χ2n) is 7.33. The minimum Gasteiger partial charge on any atom is -0.481 e. The van der Waals surface area contributed by atoms with Crippen LogP contribution in [-0.4, -0.2) is 28.1 Å². The standard InChI is InChI=1S/C26H26N2O4S/c1-2-23(33-22-15-13-19(14-16-22)27-24(29)17-18-25(30)31)26(32)28(20-9-5-3-6-10-20)21-11-7-4-8-12-21/h3-16,23H,2,17-18H2,1H3,(H,27,29)(H,30,31). The molecule has 0 aliphatic rings. The van der Waals surface area contributed by atoms with Crippen LogP contribution in [0, 0.1) is 0 Å². The van der Waals surface area contributed by atoms with Crippen molar-refractivity contribution in [2.75, 3.05) is 10.2 Å². The number of nitrogens with zero attached hydrogens (tertiary/aromatic N) is 1. The number of benzene rings is 3. The van der Waals surface area contributed by atoms with E-state index in [-0.39, 0.29) is 29.9 Å².